The van der Waals surface area contributed by atoms with Crippen molar-refractivity contribution in [3.8, 4) is 0 Å². The van der Waals surface area contributed by atoms with Crippen molar-refractivity contribution in [2.75, 3.05) is 4.90 Å². The SMILES string of the molecule is Clc1cccc(N(Cc2ccccc2)Cc2ccccc2)c1. The molecular formula is C20H18ClN. The molecule has 0 aliphatic carbocycles. The van der Waals surface area contributed by atoms with Gasteiger partial charge in [0, 0.05) is 23.8 Å². The normalized spacial score (nSPS) is 10.4. The van der Waals surface area contributed by atoms with E-state index in [4.69, 9.17) is 11.6 Å². The molecule has 0 saturated carbocycles. The van der Waals surface area contributed by atoms with Gasteiger partial charge >= 0.3 is 0 Å². The van der Waals surface area contributed by atoms with E-state index in [0.717, 1.165) is 23.8 Å². The van der Waals surface area contributed by atoms with E-state index in [9.17, 15) is 0 Å². The minimum Gasteiger partial charge on any atom is -0.363 e. The number of anilines is 1. The van der Waals surface area contributed by atoms with Crippen LogP contribution in [0.4, 0.5) is 5.69 Å². The molecule has 0 radical (unpaired) electrons. The van der Waals surface area contributed by atoms with Crippen molar-refractivity contribution < 1.29 is 0 Å². The van der Waals surface area contributed by atoms with Gasteiger partial charge in [-0.05, 0) is 29.3 Å². The largest absolute Gasteiger partial charge is 0.363 e. The summed E-state index contributed by atoms with van der Waals surface area (Å²) in [5.74, 6) is 0. The van der Waals surface area contributed by atoms with Gasteiger partial charge in [-0.25, -0.2) is 0 Å². The fourth-order valence-corrected chi connectivity index (χ4v) is 2.70. The first-order valence-electron chi connectivity index (χ1n) is 7.39. The summed E-state index contributed by atoms with van der Waals surface area (Å²) in [6.45, 7) is 1.71. The van der Waals surface area contributed by atoms with Crippen molar-refractivity contribution in [2.45, 2.75) is 13.1 Å². The first-order chi connectivity index (χ1) is 10.8. The van der Waals surface area contributed by atoms with Crippen molar-refractivity contribution in [2.24, 2.45) is 0 Å². The van der Waals surface area contributed by atoms with E-state index in [0.29, 0.717) is 0 Å². The molecular weight excluding hydrogens is 290 g/mol. The minimum atomic E-state index is 0.767. The maximum atomic E-state index is 6.17. The van der Waals surface area contributed by atoms with E-state index in [1.165, 1.54) is 11.1 Å². The molecule has 0 amide bonds. The van der Waals surface area contributed by atoms with Gasteiger partial charge in [0.15, 0.2) is 0 Å². The molecule has 0 saturated heterocycles. The van der Waals surface area contributed by atoms with E-state index < -0.39 is 0 Å². The second-order valence-corrected chi connectivity index (χ2v) is 5.74. The van der Waals surface area contributed by atoms with Crippen LogP contribution in [-0.2, 0) is 13.1 Å². The van der Waals surface area contributed by atoms with E-state index in [1.54, 1.807) is 0 Å². The monoisotopic (exact) mass is 307 g/mol. The molecule has 22 heavy (non-hydrogen) atoms. The zero-order valence-electron chi connectivity index (χ0n) is 12.3. The molecule has 0 aliphatic rings. The molecule has 0 aromatic heterocycles. The lowest BCUT2D eigenvalue weighted by molar-refractivity contribution is 0.800. The van der Waals surface area contributed by atoms with Crippen LogP contribution in [0.25, 0.3) is 0 Å². The van der Waals surface area contributed by atoms with Crippen LogP contribution in [0.15, 0.2) is 84.9 Å². The Balaban J connectivity index is 1.88. The lowest BCUT2D eigenvalue weighted by Gasteiger charge is -2.25. The first kappa shape index (κ1) is 14.7. The molecule has 0 fully saturated rings. The van der Waals surface area contributed by atoms with Gasteiger partial charge < -0.3 is 4.90 Å². The third kappa shape index (κ3) is 3.90. The van der Waals surface area contributed by atoms with Crippen LogP contribution in [0.3, 0.4) is 0 Å². The Morgan fingerprint density at radius 1 is 0.636 bits per heavy atom. The fourth-order valence-electron chi connectivity index (χ4n) is 2.52. The Morgan fingerprint density at radius 3 is 1.68 bits per heavy atom. The molecule has 0 bridgehead atoms. The van der Waals surface area contributed by atoms with Gasteiger partial charge in [-0.2, -0.15) is 0 Å². The third-order valence-corrected chi connectivity index (χ3v) is 3.84. The molecule has 3 aromatic carbocycles. The van der Waals surface area contributed by atoms with Crippen LogP contribution in [0.1, 0.15) is 11.1 Å². The molecule has 110 valence electrons. The first-order valence-corrected chi connectivity index (χ1v) is 7.77. The second kappa shape index (κ2) is 7.15. The predicted octanol–water partition coefficient (Wildman–Crippen LogP) is 5.55. The smallest absolute Gasteiger partial charge is 0.0433 e. The van der Waals surface area contributed by atoms with Crippen LogP contribution >= 0.6 is 11.6 Å². The minimum absolute atomic E-state index is 0.767. The summed E-state index contributed by atoms with van der Waals surface area (Å²) in [6, 6.07) is 29.1. The van der Waals surface area contributed by atoms with E-state index in [2.05, 4.69) is 59.5 Å². The van der Waals surface area contributed by atoms with Gasteiger partial charge in [-0.3, -0.25) is 0 Å². The number of benzene rings is 3. The van der Waals surface area contributed by atoms with Crippen molar-refractivity contribution in [3.05, 3.63) is 101 Å². The van der Waals surface area contributed by atoms with Crippen LogP contribution in [0.5, 0.6) is 0 Å². The second-order valence-electron chi connectivity index (χ2n) is 5.31. The number of nitrogens with zero attached hydrogens (tertiary/aromatic N) is 1. The van der Waals surface area contributed by atoms with Crippen molar-refractivity contribution in [1.82, 2.24) is 0 Å². The molecule has 0 atom stereocenters. The summed E-state index contributed by atoms with van der Waals surface area (Å²) in [5, 5.41) is 0.767. The van der Waals surface area contributed by atoms with E-state index in [-0.39, 0.29) is 0 Å². The van der Waals surface area contributed by atoms with Crippen LogP contribution in [-0.4, -0.2) is 0 Å². The standard InChI is InChI=1S/C20H18ClN/c21-19-12-7-13-20(14-19)22(15-17-8-3-1-4-9-17)16-18-10-5-2-6-11-18/h1-14H,15-16H2. The molecule has 2 heteroatoms. The number of rotatable bonds is 5. The Labute approximate surface area is 136 Å². The summed E-state index contributed by atoms with van der Waals surface area (Å²) in [6.07, 6.45) is 0. The topological polar surface area (TPSA) is 3.24 Å². The highest BCUT2D eigenvalue weighted by Crippen LogP contribution is 2.23. The Kier molecular flexibility index (Phi) is 4.77. The van der Waals surface area contributed by atoms with Gasteiger partial charge in [-0.1, -0.05) is 78.3 Å². The summed E-state index contributed by atoms with van der Waals surface area (Å²) < 4.78 is 0. The highest BCUT2D eigenvalue weighted by Gasteiger charge is 2.09. The zero-order valence-corrected chi connectivity index (χ0v) is 13.1. The number of halogens is 1. The summed E-state index contributed by atoms with van der Waals surface area (Å²) in [5.41, 5.74) is 3.72. The van der Waals surface area contributed by atoms with Crippen molar-refractivity contribution in [1.29, 1.82) is 0 Å². The van der Waals surface area contributed by atoms with Crippen molar-refractivity contribution in [3.63, 3.8) is 0 Å². The van der Waals surface area contributed by atoms with Gasteiger partial charge in [0.2, 0.25) is 0 Å². The van der Waals surface area contributed by atoms with E-state index in [1.807, 2.05) is 30.3 Å². The fraction of sp³-hybridized carbons (Fsp3) is 0.100. The van der Waals surface area contributed by atoms with Crippen LogP contribution in [0.2, 0.25) is 5.02 Å². The Bertz CT molecular complexity index is 669. The lowest BCUT2D eigenvalue weighted by Crippen LogP contribution is -2.22. The summed E-state index contributed by atoms with van der Waals surface area (Å²) in [4.78, 5) is 2.34. The predicted molar refractivity (Wildman–Crippen MR) is 94.2 cm³/mol. The molecule has 1 nitrogen and oxygen atoms in total. The molecule has 0 heterocycles. The maximum Gasteiger partial charge on any atom is 0.0433 e. The van der Waals surface area contributed by atoms with Crippen LogP contribution < -0.4 is 4.90 Å². The van der Waals surface area contributed by atoms with Gasteiger partial charge in [0.1, 0.15) is 0 Å². The molecule has 0 N–H and O–H groups in total. The van der Waals surface area contributed by atoms with Gasteiger partial charge in [-0.15, -0.1) is 0 Å². The zero-order chi connectivity index (χ0) is 15.2. The van der Waals surface area contributed by atoms with Crippen molar-refractivity contribution >= 4 is 17.3 Å². The summed E-state index contributed by atoms with van der Waals surface area (Å²) in [7, 11) is 0. The molecule has 0 spiro atoms. The Hall–Kier alpha value is -2.25. The quantitative estimate of drug-likeness (QED) is 0.597. The molecule has 3 aromatic rings. The number of hydrogen-bond donors (Lipinski definition) is 0. The lowest BCUT2D eigenvalue weighted by atomic mass is 10.1. The average molecular weight is 308 g/mol. The Morgan fingerprint density at radius 2 is 1.18 bits per heavy atom. The average Bonchev–Trinajstić information content (AvgIpc) is 2.56. The maximum absolute atomic E-state index is 6.17. The van der Waals surface area contributed by atoms with Crippen LogP contribution in [0, 0.1) is 0 Å². The number of hydrogen-bond acceptors (Lipinski definition) is 1. The van der Waals surface area contributed by atoms with Gasteiger partial charge in [0.25, 0.3) is 0 Å². The molecule has 0 unspecified atom stereocenters. The molecule has 0 aliphatic heterocycles. The van der Waals surface area contributed by atoms with Gasteiger partial charge in [0.05, 0.1) is 0 Å². The summed E-state index contributed by atoms with van der Waals surface area (Å²) >= 11 is 6.17. The highest BCUT2D eigenvalue weighted by atomic mass is 35.5. The van der Waals surface area contributed by atoms with E-state index >= 15 is 0 Å². The molecule has 3 rings (SSSR count). The third-order valence-electron chi connectivity index (χ3n) is 3.61. The highest BCUT2D eigenvalue weighted by molar-refractivity contribution is 6.30.